The first-order valence-corrected chi connectivity index (χ1v) is 7.74. The van der Waals surface area contributed by atoms with E-state index >= 15 is 0 Å². The van der Waals surface area contributed by atoms with Gasteiger partial charge in [-0.1, -0.05) is 13.8 Å². The van der Waals surface area contributed by atoms with Crippen molar-refractivity contribution in [1.29, 1.82) is 0 Å². The molecule has 3 nitrogen and oxygen atoms in total. The van der Waals surface area contributed by atoms with Crippen LogP contribution in [0.25, 0.3) is 0 Å². The number of aryl methyl sites for hydroxylation is 1. The highest BCUT2D eigenvalue weighted by atomic mass is 32.2. The molecule has 0 atom stereocenters. The number of nitrogens with zero attached hydrogens (tertiary/aromatic N) is 2. The van der Waals surface area contributed by atoms with Crippen molar-refractivity contribution in [3.8, 4) is 0 Å². The Morgan fingerprint density at radius 1 is 1.41 bits per heavy atom. The quantitative estimate of drug-likeness (QED) is 0.688. The smallest absolute Gasteiger partial charge is 0.0537 e. The first kappa shape index (κ1) is 14.6. The summed E-state index contributed by atoms with van der Waals surface area (Å²) in [5.74, 6) is 2.45. The van der Waals surface area contributed by atoms with E-state index in [4.69, 9.17) is 0 Å². The van der Waals surface area contributed by atoms with Gasteiger partial charge >= 0.3 is 0 Å². The van der Waals surface area contributed by atoms with Crippen molar-refractivity contribution in [2.45, 2.75) is 46.7 Å². The average Bonchev–Trinajstić information content (AvgIpc) is 2.67. The molecule has 0 aliphatic rings. The molecule has 4 heteroatoms. The molecule has 0 aromatic carbocycles. The summed E-state index contributed by atoms with van der Waals surface area (Å²) in [7, 11) is 0. The first-order valence-electron chi connectivity index (χ1n) is 6.59. The third-order valence-electron chi connectivity index (χ3n) is 2.81. The molecule has 0 radical (unpaired) electrons. The predicted octanol–water partition coefficient (Wildman–Crippen LogP) is 2.83. The SMILES string of the molecule is CCCNCc1cnn(CCCSCC)c1C. The van der Waals surface area contributed by atoms with E-state index in [9.17, 15) is 0 Å². The minimum atomic E-state index is 0.948. The van der Waals surface area contributed by atoms with Crippen molar-refractivity contribution in [1.82, 2.24) is 15.1 Å². The van der Waals surface area contributed by atoms with Crippen LogP contribution in [0, 0.1) is 6.92 Å². The van der Waals surface area contributed by atoms with E-state index in [1.165, 1.54) is 35.6 Å². The minimum absolute atomic E-state index is 0.948. The molecular formula is C13H25N3S. The molecule has 0 bridgehead atoms. The van der Waals surface area contributed by atoms with Crippen molar-refractivity contribution in [2.24, 2.45) is 0 Å². The van der Waals surface area contributed by atoms with Crippen molar-refractivity contribution in [3.05, 3.63) is 17.5 Å². The van der Waals surface area contributed by atoms with E-state index in [2.05, 4.69) is 35.9 Å². The molecule has 0 spiro atoms. The monoisotopic (exact) mass is 255 g/mol. The van der Waals surface area contributed by atoms with Crippen LogP contribution in [0.4, 0.5) is 0 Å². The van der Waals surface area contributed by atoms with E-state index in [1.54, 1.807) is 0 Å². The van der Waals surface area contributed by atoms with Gasteiger partial charge in [0.05, 0.1) is 6.20 Å². The largest absolute Gasteiger partial charge is 0.313 e. The zero-order chi connectivity index (χ0) is 12.5. The van der Waals surface area contributed by atoms with Gasteiger partial charge in [-0.3, -0.25) is 4.68 Å². The van der Waals surface area contributed by atoms with Crippen LogP contribution in [-0.2, 0) is 13.1 Å². The molecule has 1 rings (SSSR count). The van der Waals surface area contributed by atoms with Crippen molar-refractivity contribution in [3.63, 3.8) is 0 Å². The topological polar surface area (TPSA) is 29.9 Å². The normalized spacial score (nSPS) is 11.0. The third kappa shape index (κ3) is 5.13. The summed E-state index contributed by atoms with van der Waals surface area (Å²) >= 11 is 2.00. The van der Waals surface area contributed by atoms with Crippen molar-refractivity contribution < 1.29 is 0 Å². The zero-order valence-corrected chi connectivity index (χ0v) is 12.1. The lowest BCUT2D eigenvalue weighted by molar-refractivity contribution is 0.587. The molecule has 0 aliphatic carbocycles. The van der Waals surface area contributed by atoms with E-state index in [0.717, 1.165) is 19.6 Å². The fraction of sp³-hybridized carbons (Fsp3) is 0.769. The van der Waals surface area contributed by atoms with Crippen LogP contribution >= 0.6 is 11.8 Å². The molecule has 1 N–H and O–H groups in total. The van der Waals surface area contributed by atoms with Gasteiger partial charge in [-0.25, -0.2) is 0 Å². The van der Waals surface area contributed by atoms with E-state index in [-0.39, 0.29) is 0 Å². The maximum absolute atomic E-state index is 4.46. The van der Waals surface area contributed by atoms with Gasteiger partial charge in [0.25, 0.3) is 0 Å². The fourth-order valence-electron chi connectivity index (χ4n) is 1.74. The number of rotatable bonds is 9. The summed E-state index contributed by atoms with van der Waals surface area (Å²) < 4.78 is 2.14. The van der Waals surface area contributed by atoms with Crippen LogP contribution < -0.4 is 5.32 Å². The molecule has 17 heavy (non-hydrogen) atoms. The summed E-state index contributed by atoms with van der Waals surface area (Å²) in [5, 5.41) is 7.88. The lowest BCUT2D eigenvalue weighted by Gasteiger charge is -2.06. The Labute approximate surface area is 109 Å². The number of hydrogen-bond donors (Lipinski definition) is 1. The van der Waals surface area contributed by atoms with E-state index in [0.29, 0.717) is 0 Å². The highest BCUT2D eigenvalue weighted by Crippen LogP contribution is 2.09. The van der Waals surface area contributed by atoms with Crippen molar-refractivity contribution >= 4 is 11.8 Å². The molecular weight excluding hydrogens is 230 g/mol. The van der Waals surface area contributed by atoms with Gasteiger partial charge < -0.3 is 5.32 Å². The maximum atomic E-state index is 4.46. The minimum Gasteiger partial charge on any atom is -0.313 e. The van der Waals surface area contributed by atoms with Gasteiger partial charge in [-0.15, -0.1) is 0 Å². The molecule has 0 saturated carbocycles. The van der Waals surface area contributed by atoms with Crippen LogP contribution in [-0.4, -0.2) is 27.8 Å². The van der Waals surface area contributed by atoms with Crippen LogP contribution in [0.3, 0.4) is 0 Å². The van der Waals surface area contributed by atoms with Gasteiger partial charge in [0.2, 0.25) is 0 Å². The molecule has 0 aliphatic heterocycles. The van der Waals surface area contributed by atoms with Gasteiger partial charge in [-0.05, 0) is 37.8 Å². The Kier molecular flexibility index (Phi) is 7.37. The molecule has 0 amide bonds. The average molecular weight is 255 g/mol. The van der Waals surface area contributed by atoms with Crippen LogP contribution in [0.1, 0.15) is 37.9 Å². The number of thioether (sulfide) groups is 1. The Hall–Kier alpha value is -0.480. The van der Waals surface area contributed by atoms with E-state index in [1.807, 2.05) is 18.0 Å². The predicted molar refractivity (Wildman–Crippen MR) is 76.6 cm³/mol. The summed E-state index contributed by atoms with van der Waals surface area (Å²) in [5.41, 5.74) is 2.65. The summed E-state index contributed by atoms with van der Waals surface area (Å²) in [4.78, 5) is 0. The molecule has 0 unspecified atom stereocenters. The Balaban J connectivity index is 2.35. The second-order valence-electron chi connectivity index (χ2n) is 4.21. The van der Waals surface area contributed by atoms with Crippen LogP contribution in [0.2, 0.25) is 0 Å². The Morgan fingerprint density at radius 3 is 2.94 bits per heavy atom. The standard InChI is InChI=1S/C13H25N3S/c1-4-7-14-10-13-11-15-16(12(13)3)8-6-9-17-5-2/h11,14H,4-10H2,1-3H3. The molecule has 98 valence electrons. The highest BCUT2D eigenvalue weighted by molar-refractivity contribution is 7.99. The summed E-state index contributed by atoms with van der Waals surface area (Å²) in [6.07, 6.45) is 4.40. The molecule has 0 fully saturated rings. The summed E-state index contributed by atoms with van der Waals surface area (Å²) in [6, 6.07) is 0. The van der Waals surface area contributed by atoms with Gasteiger partial charge in [0.1, 0.15) is 0 Å². The maximum Gasteiger partial charge on any atom is 0.0537 e. The first-order chi connectivity index (χ1) is 8.29. The molecule has 1 aromatic heterocycles. The van der Waals surface area contributed by atoms with Gasteiger partial charge in [-0.2, -0.15) is 16.9 Å². The number of hydrogen-bond acceptors (Lipinski definition) is 3. The number of nitrogens with one attached hydrogen (secondary N) is 1. The van der Waals surface area contributed by atoms with Gasteiger partial charge in [0.15, 0.2) is 0 Å². The second kappa shape index (κ2) is 8.59. The summed E-state index contributed by atoms with van der Waals surface area (Å²) in [6.45, 7) is 9.65. The molecule has 0 saturated heterocycles. The van der Waals surface area contributed by atoms with Gasteiger partial charge in [0, 0.05) is 24.3 Å². The van der Waals surface area contributed by atoms with Crippen LogP contribution in [0.15, 0.2) is 6.20 Å². The number of aromatic nitrogens is 2. The highest BCUT2D eigenvalue weighted by Gasteiger charge is 2.05. The Morgan fingerprint density at radius 2 is 2.24 bits per heavy atom. The Bertz CT molecular complexity index is 310. The van der Waals surface area contributed by atoms with Crippen molar-refractivity contribution in [2.75, 3.05) is 18.1 Å². The lowest BCUT2D eigenvalue weighted by Crippen LogP contribution is -2.14. The molecule has 1 aromatic rings. The third-order valence-corrected chi connectivity index (χ3v) is 3.80. The fourth-order valence-corrected chi connectivity index (χ4v) is 2.37. The zero-order valence-electron chi connectivity index (χ0n) is 11.3. The molecule has 1 heterocycles. The van der Waals surface area contributed by atoms with E-state index < -0.39 is 0 Å². The second-order valence-corrected chi connectivity index (χ2v) is 5.60. The van der Waals surface area contributed by atoms with Crippen LogP contribution in [0.5, 0.6) is 0 Å². The lowest BCUT2D eigenvalue weighted by atomic mass is 10.2.